The van der Waals surface area contributed by atoms with Gasteiger partial charge in [-0.3, -0.25) is 9.59 Å². The van der Waals surface area contributed by atoms with Gasteiger partial charge in [-0.1, -0.05) is 36.7 Å². The molecule has 4 rings (SSSR count). The molecule has 32 heavy (non-hydrogen) atoms. The van der Waals surface area contributed by atoms with Crippen molar-refractivity contribution in [2.24, 2.45) is 0 Å². The molecule has 1 N–H and O–H groups in total. The SMILES string of the molecule is CCC(=O)N(c1ccc(Cl)cc1)[C@H]1C[C@@H](C)N(C(=O)c2ccc(O)cc2)c2ccccc21. The quantitative estimate of drug-likeness (QED) is 0.535. The molecule has 1 aliphatic heterocycles. The maximum absolute atomic E-state index is 13.4. The lowest BCUT2D eigenvalue weighted by molar-refractivity contribution is -0.118. The third-order valence-corrected chi connectivity index (χ3v) is 6.13. The molecule has 2 amide bonds. The van der Waals surface area contributed by atoms with Crippen LogP contribution in [0.1, 0.15) is 48.7 Å². The van der Waals surface area contributed by atoms with Gasteiger partial charge in [0.2, 0.25) is 5.91 Å². The lowest BCUT2D eigenvalue weighted by Crippen LogP contribution is -2.47. The van der Waals surface area contributed by atoms with E-state index in [1.165, 1.54) is 12.1 Å². The van der Waals surface area contributed by atoms with Crippen LogP contribution in [-0.4, -0.2) is 23.0 Å². The van der Waals surface area contributed by atoms with Crippen molar-refractivity contribution in [2.45, 2.75) is 38.8 Å². The zero-order valence-corrected chi connectivity index (χ0v) is 18.8. The molecule has 6 heteroatoms. The number of amides is 2. The first-order valence-corrected chi connectivity index (χ1v) is 11.1. The van der Waals surface area contributed by atoms with Gasteiger partial charge in [-0.15, -0.1) is 0 Å². The fraction of sp³-hybridized carbons (Fsp3) is 0.231. The molecular weight excluding hydrogens is 424 g/mol. The number of fused-ring (bicyclic) bond motifs is 1. The fourth-order valence-electron chi connectivity index (χ4n) is 4.35. The Kier molecular flexibility index (Phi) is 6.19. The zero-order valence-electron chi connectivity index (χ0n) is 18.0. The largest absolute Gasteiger partial charge is 0.508 e. The molecule has 1 heterocycles. The number of rotatable bonds is 4. The molecular formula is C26H25ClN2O3. The summed E-state index contributed by atoms with van der Waals surface area (Å²) in [6.45, 7) is 3.85. The molecule has 164 valence electrons. The number of anilines is 2. The number of phenols is 1. The number of phenolic OH excluding ortho intramolecular Hbond substituents is 1. The Morgan fingerprint density at radius 3 is 2.34 bits per heavy atom. The first kappa shape index (κ1) is 21.9. The van der Waals surface area contributed by atoms with Gasteiger partial charge in [0.15, 0.2) is 0 Å². The van der Waals surface area contributed by atoms with Crippen LogP contribution in [0.2, 0.25) is 5.02 Å². The predicted molar refractivity (Wildman–Crippen MR) is 127 cm³/mol. The minimum absolute atomic E-state index is 0.0117. The van der Waals surface area contributed by atoms with Crippen molar-refractivity contribution >= 4 is 34.8 Å². The number of hydrogen-bond donors (Lipinski definition) is 1. The van der Waals surface area contributed by atoms with Crippen LogP contribution in [0.25, 0.3) is 0 Å². The van der Waals surface area contributed by atoms with Gasteiger partial charge in [0.25, 0.3) is 5.91 Å². The maximum Gasteiger partial charge on any atom is 0.258 e. The smallest absolute Gasteiger partial charge is 0.258 e. The van der Waals surface area contributed by atoms with Crippen LogP contribution < -0.4 is 9.80 Å². The molecule has 1 aliphatic rings. The summed E-state index contributed by atoms with van der Waals surface area (Å²) in [4.78, 5) is 30.1. The number of benzene rings is 3. The Bertz CT molecular complexity index is 1130. The second-order valence-electron chi connectivity index (χ2n) is 7.98. The van der Waals surface area contributed by atoms with Crippen LogP contribution in [0.5, 0.6) is 5.75 Å². The van der Waals surface area contributed by atoms with Gasteiger partial charge < -0.3 is 14.9 Å². The Morgan fingerprint density at radius 1 is 1.03 bits per heavy atom. The number of aromatic hydroxyl groups is 1. The van der Waals surface area contributed by atoms with Gasteiger partial charge in [0, 0.05) is 34.4 Å². The lowest BCUT2D eigenvalue weighted by Gasteiger charge is -2.43. The first-order chi connectivity index (χ1) is 15.4. The lowest BCUT2D eigenvalue weighted by atomic mass is 9.89. The second-order valence-corrected chi connectivity index (χ2v) is 8.41. The summed E-state index contributed by atoms with van der Waals surface area (Å²) in [7, 11) is 0. The average molecular weight is 449 g/mol. The van der Waals surface area contributed by atoms with Gasteiger partial charge in [-0.25, -0.2) is 0 Å². The number of carbonyl (C=O) groups excluding carboxylic acids is 2. The van der Waals surface area contributed by atoms with Crippen LogP contribution in [0.3, 0.4) is 0 Å². The molecule has 2 atom stereocenters. The molecule has 0 fully saturated rings. The normalized spacial score (nSPS) is 17.5. The number of halogens is 1. The summed E-state index contributed by atoms with van der Waals surface area (Å²) >= 11 is 6.08. The van der Waals surface area contributed by atoms with Crippen molar-refractivity contribution in [1.82, 2.24) is 0 Å². The third-order valence-electron chi connectivity index (χ3n) is 5.88. The van der Waals surface area contributed by atoms with Gasteiger partial charge in [-0.05, 0) is 73.5 Å². The highest BCUT2D eigenvalue weighted by atomic mass is 35.5. The number of para-hydroxylation sites is 1. The number of hydrogen-bond acceptors (Lipinski definition) is 3. The van der Waals surface area contributed by atoms with Crippen molar-refractivity contribution in [1.29, 1.82) is 0 Å². The number of nitrogens with zero attached hydrogens (tertiary/aromatic N) is 2. The summed E-state index contributed by atoms with van der Waals surface area (Å²) in [5.41, 5.74) is 3.00. The van der Waals surface area contributed by atoms with E-state index in [0.29, 0.717) is 23.4 Å². The van der Waals surface area contributed by atoms with E-state index < -0.39 is 0 Å². The van der Waals surface area contributed by atoms with Crippen LogP contribution in [0.15, 0.2) is 72.8 Å². The molecule has 0 spiro atoms. The summed E-state index contributed by atoms with van der Waals surface area (Å²) in [6.07, 6.45) is 0.959. The van der Waals surface area contributed by atoms with E-state index in [2.05, 4.69) is 0 Å². The third kappa shape index (κ3) is 4.08. The van der Waals surface area contributed by atoms with Crippen molar-refractivity contribution in [3.8, 4) is 5.75 Å². The maximum atomic E-state index is 13.4. The summed E-state index contributed by atoms with van der Waals surface area (Å²) in [6, 6.07) is 20.9. The topological polar surface area (TPSA) is 60.9 Å². The Balaban J connectivity index is 1.78. The van der Waals surface area contributed by atoms with E-state index >= 15 is 0 Å². The molecule has 0 unspecified atom stereocenters. The Morgan fingerprint density at radius 2 is 1.69 bits per heavy atom. The van der Waals surface area contributed by atoms with E-state index in [4.69, 9.17) is 11.6 Å². The molecule has 0 radical (unpaired) electrons. The highest BCUT2D eigenvalue weighted by Crippen LogP contribution is 2.43. The Hall–Kier alpha value is -3.31. The van der Waals surface area contributed by atoms with E-state index in [1.54, 1.807) is 29.2 Å². The summed E-state index contributed by atoms with van der Waals surface area (Å²) in [5, 5.41) is 10.2. The minimum atomic E-state index is -0.210. The van der Waals surface area contributed by atoms with Crippen molar-refractivity contribution in [3.63, 3.8) is 0 Å². The first-order valence-electron chi connectivity index (χ1n) is 10.7. The summed E-state index contributed by atoms with van der Waals surface area (Å²) < 4.78 is 0. The molecule has 3 aromatic carbocycles. The molecule has 0 aromatic heterocycles. The molecule has 5 nitrogen and oxygen atoms in total. The van der Waals surface area contributed by atoms with Gasteiger partial charge >= 0.3 is 0 Å². The van der Waals surface area contributed by atoms with E-state index in [1.807, 2.05) is 55.1 Å². The highest BCUT2D eigenvalue weighted by molar-refractivity contribution is 6.30. The minimum Gasteiger partial charge on any atom is -0.508 e. The monoisotopic (exact) mass is 448 g/mol. The van der Waals surface area contributed by atoms with E-state index in [0.717, 1.165) is 16.9 Å². The van der Waals surface area contributed by atoms with Crippen LogP contribution >= 0.6 is 11.6 Å². The van der Waals surface area contributed by atoms with Crippen LogP contribution in [0.4, 0.5) is 11.4 Å². The number of carbonyl (C=O) groups is 2. The molecule has 3 aromatic rings. The van der Waals surface area contributed by atoms with Gasteiger partial charge in [-0.2, -0.15) is 0 Å². The standard InChI is InChI=1S/C26H25ClN2O3/c1-3-25(31)29(20-12-10-19(27)11-13-20)24-16-17(2)28(23-7-5-4-6-22(23)24)26(32)18-8-14-21(30)15-9-18/h4-15,17,24,30H,3,16H2,1-2H3/t17-,24+/m1/s1. The highest BCUT2D eigenvalue weighted by Gasteiger charge is 2.38. The zero-order chi connectivity index (χ0) is 22.8. The average Bonchev–Trinajstić information content (AvgIpc) is 2.80. The molecule has 0 saturated carbocycles. The molecule has 0 aliphatic carbocycles. The van der Waals surface area contributed by atoms with E-state index in [-0.39, 0.29) is 29.6 Å². The van der Waals surface area contributed by atoms with Crippen molar-refractivity contribution in [3.05, 3.63) is 88.9 Å². The van der Waals surface area contributed by atoms with Crippen LogP contribution in [-0.2, 0) is 4.79 Å². The fourth-order valence-corrected chi connectivity index (χ4v) is 4.47. The second kappa shape index (κ2) is 9.05. The predicted octanol–water partition coefficient (Wildman–Crippen LogP) is 5.97. The van der Waals surface area contributed by atoms with Crippen molar-refractivity contribution in [2.75, 3.05) is 9.80 Å². The molecule has 0 saturated heterocycles. The van der Waals surface area contributed by atoms with E-state index in [9.17, 15) is 14.7 Å². The van der Waals surface area contributed by atoms with Crippen molar-refractivity contribution < 1.29 is 14.7 Å². The Labute approximate surface area is 192 Å². The van der Waals surface area contributed by atoms with Crippen LogP contribution in [0, 0.1) is 0 Å². The van der Waals surface area contributed by atoms with Gasteiger partial charge in [0.05, 0.1) is 6.04 Å². The summed E-state index contributed by atoms with van der Waals surface area (Å²) in [5.74, 6) is -0.00807. The van der Waals surface area contributed by atoms with Gasteiger partial charge in [0.1, 0.15) is 5.75 Å². The molecule has 0 bridgehead atoms.